The van der Waals surface area contributed by atoms with Crippen molar-refractivity contribution in [2.75, 3.05) is 87.6 Å². The van der Waals surface area contributed by atoms with Crippen molar-refractivity contribution >= 4 is 41.6 Å². The first-order valence-corrected chi connectivity index (χ1v) is 33.7. The molecule has 22 nitrogen and oxygen atoms in total. The number of thioether (sulfide) groups is 1. The standard InChI is InChI=1S/C17H26O5.C16H24O5.C16H24O4S.C16H24O4.C10H20O4/c1-13(19-5)20-10-11-21-15-8-6-14(7-9-15)12-16(18)22-17(2,3)4;1-12(18-5)19-10-11-20-14-9-7-6-8-13(14)15(17)21-16(2,3)4;1-12(18-5)19-10-11-21-14-9-7-6-8-13(14)15(17)20-16(2,3)4;1-12(18-5)11-19-14-9-7-6-8-13(14)10-15(17)20-16(2,3)4;1-8(12-5)13-7-6-9(11)14-10(2,3)4/h6-9,13H,10-12H2,1-5H3;2*6-9,12H,10-11H2,1-5H3;6-9,12H,10-11H2,1-5H3;8H,6-7H2,1-5H3. The van der Waals surface area contributed by atoms with Crippen LogP contribution in [-0.2, 0) is 93.5 Å². The Labute approximate surface area is 589 Å². The summed E-state index contributed by atoms with van der Waals surface area (Å²) in [5.74, 6) is 1.23. The molecule has 0 aliphatic heterocycles. The molecule has 5 unspecified atom stereocenters. The quantitative estimate of drug-likeness (QED) is 0.0141. The zero-order valence-corrected chi connectivity index (χ0v) is 64.1. The first-order valence-electron chi connectivity index (χ1n) is 32.7. The van der Waals surface area contributed by atoms with Crippen LogP contribution >= 0.6 is 11.8 Å². The number of hydrogen-bond acceptors (Lipinski definition) is 23. The molecule has 23 heteroatoms. The number of ether oxygens (including phenoxy) is 17. The van der Waals surface area contributed by atoms with Gasteiger partial charge in [0.2, 0.25) is 0 Å². The van der Waals surface area contributed by atoms with E-state index in [1.54, 1.807) is 85.4 Å². The summed E-state index contributed by atoms with van der Waals surface area (Å²) < 4.78 is 89.5. The van der Waals surface area contributed by atoms with Gasteiger partial charge in [-0.15, -0.1) is 11.8 Å². The van der Waals surface area contributed by atoms with E-state index in [9.17, 15) is 24.0 Å². The molecular formula is C75H118O22S. The van der Waals surface area contributed by atoms with Gasteiger partial charge in [-0.2, -0.15) is 0 Å². The predicted octanol–water partition coefficient (Wildman–Crippen LogP) is 14.4. The lowest BCUT2D eigenvalue weighted by Gasteiger charge is -2.20. The van der Waals surface area contributed by atoms with Crippen molar-refractivity contribution in [1.82, 2.24) is 0 Å². The van der Waals surface area contributed by atoms with Gasteiger partial charge in [-0.25, -0.2) is 9.59 Å². The summed E-state index contributed by atoms with van der Waals surface area (Å²) in [7, 11) is 7.96. The van der Waals surface area contributed by atoms with Gasteiger partial charge in [0.05, 0.1) is 57.4 Å². The van der Waals surface area contributed by atoms with Gasteiger partial charge in [-0.3, -0.25) is 14.4 Å². The van der Waals surface area contributed by atoms with Crippen LogP contribution < -0.4 is 14.2 Å². The summed E-state index contributed by atoms with van der Waals surface area (Å²) in [4.78, 5) is 60.0. The van der Waals surface area contributed by atoms with Crippen molar-refractivity contribution in [3.8, 4) is 17.2 Å². The second-order valence-corrected chi connectivity index (χ2v) is 27.8. The molecule has 556 valence electrons. The van der Waals surface area contributed by atoms with Crippen molar-refractivity contribution in [3.63, 3.8) is 0 Å². The lowest BCUT2D eigenvalue weighted by Crippen LogP contribution is -2.25. The van der Waals surface area contributed by atoms with E-state index in [4.69, 9.17) is 80.5 Å². The molecule has 0 aromatic heterocycles. The number of para-hydroxylation sites is 2. The zero-order chi connectivity index (χ0) is 74.7. The zero-order valence-electron chi connectivity index (χ0n) is 63.3. The van der Waals surface area contributed by atoms with Crippen molar-refractivity contribution in [2.45, 2.75) is 222 Å². The lowest BCUT2D eigenvalue weighted by atomic mass is 10.1. The van der Waals surface area contributed by atoms with Crippen LogP contribution in [0, 0.1) is 0 Å². The summed E-state index contributed by atoms with van der Waals surface area (Å²) in [5, 5.41) is 0. The third-order valence-electron chi connectivity index (χ3n) is 11.8. The van der Waals surface area contributed by atoms with Crippen molar-refractivity contribution in [2.24, 2.45) is 0 Å². The Morgan fingerprint density at radius 1 is 0.378 bits per heavy atom. The first-order chi connectivity index (χ1) is 45.6. The van der Waals surface area contributed by atoms with Crippen LogP contribution in [-0.4, -0.2) is 177 Å². The van der Waals surface area contributed by atoms with Gasteiger partial charge in [0.25, 0.3) is 0 Å². The molecule has 0 radical (unpaired) electrons. The highest BCUT2D eigenvalue weighted by molar-refractivity contribution is 7.99. The third kappa shape index (κ3) is 49.2. The molecule has 0 heterocycles. The van der Waals surface area contributed by atoms with E-state index in [0.29, 0.717) is 68.9 Å². The largest absolute Gasteiger partial charge is 0.491 e. The van der Waals surface area contributed by atoms with Gasteiger partial charge in [0.1, 0.15) is 70.6 Å². The Hall–Kier alpha value is -6.38. The number of esters is 5. The topological polar surface area (TPSA) is 242 Å². The fourth-order valence-electron chi connectivity index (χ4n) is 7.11. The monoisotopic (exact) mass is 1400 g/mol. The average Bonchev–Trinajstić information content (AvgIpc) is 0.870. The fourth-order valence-corrected chi connectivity index (χ4v) is 7.99. The van der Waals surface area contributed by atoms with E-state index < -0.39 is 34.0 Å². The van der Waals surface area contributed by atoms with Crippen LogP contribution in [0.4, 0.5) is 0 Å². The van der Waals surface area contributed by atoms with E-state index in [2.05, 4.69) is 0 Å². The smallest absolute Gasteiger partial charge is 0.342 e. The van der Waals surface area contributed by atoms with E-state index in [1.807, 2.05) is 197 Å². The van der Waals surface area contributed by atoms with Gasteiger partial charge >= 0.3 is 29.8 Å². The van der Waals surface area contributed by atoms with Crippen LogP contribution in [0.2, 0.25) is 0 Å². The number of benzene rings is 4. The molecule has 4 rings (SSSR count). The normalized spacial score (nSPS) is 13.0. The molecule has 0 bridgehead atoms. The number of carbonyl (C=O) groups excluding carboxylic acids is 5. The van der Waals surface area contributed by atoms with Crippen LogP contribution in [0.5, 0.6) is 17.2 Å². The van der Waals surface area contributed by atoms with Crippen molar-refractivity contribution < 1.29 is 104 Å². The molecule has 0 aliphatic carbocycles. The maximum atomic E-state index is 12.2. The number of carbonyl (C=O) groups is 5. The highest BCUT2D eigenvalue weighted by Gasteiger charge is 2.24. The van der Waals surface area contributed by atoms with Gasteiger partial charge < -0.3 is 80.5 Å². The molecule has 98 heavy (non-hydrogen) atoms. The molecule has 0 aliphatic rings. The van der Waals surface area contributed by atoms with Gasteiger partial charge in [-0.05, 0) is 187 Å². The molecule has 4 aromatic rings. The molecule has 0 saturated carbocycles. The molecule has 0 saturated heterocycles. The van der Waals surface area contributed by atoms with E-state index >= 15 is 0 Å². The number of rotatable bonds is 33. The summed E-state index contributed by atoms with van der Waals surface area (Å²) >= 11 is 1.57. The Kier molecular flexibility index (Phi) is 45.3. The Morgan fingerprint density at radius 3 is 1.26 bits per heavy atom. The van der Waals surface area contributed by atoms with E-state index in [-0.39, 0.29) is 74.4 Å². The Bertz CT molecular complexity index is 2740. The number of methoxy groups -OCH3 is 5. The molecule has 0 amide bonds. The minimum atomic E-state index is -0.540. The molecule has 0 spiro atoms. The first kappa shape index (κ1) is 91.6. The minimum Gasteiger partial charge on any atom is -0.491 e. The van der Waals surface area contributed by atoms with Gasteiger partial charge in [-0.1, -0.05) is 54.6 Å². The molecule has 0 N–H and O–H groups in total. The molecule has 4 aromatic carbocycles. The van der Waals surface area contributed by atoms with E-state index in [1.165, 1.54) is 0 Å². The van der Waals surface area contributed by atoms with Crippen molar-refractivity contribution in [1.29, 1.82) is 0 Å². The SMILES string of the molecule is COC(C)COc1ccccc1CC(=O)OC(C)(C)C.COC(C)OCCC(=O)OC(C)(C)C.COC(C)OCCOc1ccc(CC(=O)OC(C)(C)C)cc1.COC(C)OCCOc1ccccc1C(=O)OC(C)(C)C.COC(C)OCCSc1ccccc1C(=O)OC(C)(C)C. The Balaban J connectivity index is 0.00000121. The summed E-state index contributed by atoms with van der Waals surface area (Å²) in [6.45, 7) is 39.8. The second-order valence-electron chi connectivity index (χ2n) is 26.7. The van der Waals surface area contributed by atoms with Crippen LogP contribution in [0.3, 0.4) is 0 Å². The van der Waals surface area contributed by atoms with E-state index in [0.717, 1.165) is 27.5 Å². The van der Waals surface area contributed by atoms with Crippen LogP contribution in [0.25, 0.3) is 0 Å². The fraction of sp³-hybridized carbons (Fsp3) is 0.613. The molecule has 0 fully saturated rings. The molecule has 5 atom stereocenters. The third-order valence-corrected chi connectivity index (χ3v) is 12.8. The summed E-state index contributed by atoms with van der Waals surface area (Å²) in [6, 6.07) is 29.3. The molecular weight excluding hydrogens is 1280 g/mol. The van der Waals surface area contributed by atoms with Gasteiger partial charge in [0.15, 0.2) is 25.2 Å². The highest BCUT2D eigenvalue weighted by atomic mass is 32.2. The second kappa shape index (κ2) is 48.4. The Morgan fingerprint density at radius 2 is 0.776 bits per heavy atom. The lowest BCUT2D eigenvalue weighted by molar-refractivity contribution is -0.160. The average molecular weight is 1400 g/mol. The van der Waals surface area contributed by atoms with Crippen LogP contribution in [0.1, 0.15) is 177 Å². The number of hydrogen-bond donors (Lipinski definition) is 0. The minimum absolute atomic E-state index is 0.00424. The van der Waals surface area contributed by atoms with Crippen LogP contribution in [0.15, 0.2) is 102 Å². The summed E-state index contributed by atoms with van der Waals surface area (Å²) in [5.41, 5.74) is 0.328. The van der Waals surface area contributed by atoms with Gasteiger partial charge in [0, 0.05) is 51.8 Å². The predicted molar refractivity (Wildman–Crippen MR) is 379 cm³/mol. The summed E-state index contributed by atoms with van der Waals surface area (Å²) in [6.07, 6.45) is -0.297. The maximum absolute atomic E-state index is 12.2. The maximum Gasteiger partial charge on any atom is 0.342 e. The van der Waals surface area contributed by atoms with Crippen molar-refractivity contribution in [3.05, 3.63) is 119 Å². The highest BCUT2D eigenvalue weighted by Crippen LogP contribution is 2.26.